The highest BCUT2D eigenvalue weighted by Crippen LogP contribution is 2.18. The molecule has 1 heterocycles. The largest absolute Gasteiger partial charge is 0.494 e. The molecule has 0 radical (unpaired) electrons. The molecule has 2 rings (SSSR count). The summed E-state index contributed by atoms with van der Waals surface area (Å²) >= 11 is 3.48. The van der Waals surface area contributed by atoms with Crippen molar-refractivity contribution in [1.29, 1.82) is 0 Å². The van der Waals surface area contributed by atoms with Crippen LogP contribution in [0.25, 0.3) is 0 Å². The van der Waals surface area contributed by atoms with E-state index >= 15 is 0 Å². The minimum absolute atomic E-state index is 0.228. The van der Waals surface area contributed by atoms with E-state index in [0.29, 0.717) is 6.61 Å². The lowest BCUT2D eigenvalue weighted by molar-refractivity contribution is 0.340. The van der Waals surface area contributed by atoms with Crippen molar-refractivity contribution in [2.45, 2.75) is 25.2 Å². The van der Waals surface area contributed by atoms with E-state index in [1.807, 2.05) is 49.0 Å². The maximum absolute atomic E-state index is 5.41. The SMILES string of the molecule is CCOc1ccc(Cn2cc(C(C)Br)nn2)cc1. The highest BCUT2D eigenvalue weighted by molar-refractivity contribution is 9.09. The first-order valence-electron chi connectivity index (χ1n) is 5.95. The lowest BCUT2D eigenvalue weighted by Gasteiger charge is -2.04. The first-order valence-corrected chi connectivity index (χ1v) is 6.86. The maximum atomic E-state index is 5.41. The van der Waals surface area contributed by atoms with Crippen molar-refractivity contribution in [3.8, 4) is 5.75 Å². The van der Waals surface area contributed by atoms with Crippen LogP contribution in [0.4, 0.5) is 0 Å². The van der Waals surface area contributed by atoms with Crippen LogP contribution in [-0.2, 0) is 6.54 Å². The maximum Gasteiger partial charge on any atom is 0.119 e. The van der Waals surface area contributed by atoms with Gasteiger partial charge in [0.2, 0.25) is 0 Å². The van der Waals surface area contributed by atoms with Gasteiger partial charge >= 0.3 is 0 Å². The van der Waals surface area contributed by atoms with Gasteiger partial charge in [0.05, 0.1) is 23.7 Å². The molecule has 0 aliphatic heterocycles. The van der Waals surface area contributed by atoms with Crippen LogP contribution in [0.15, 0.2) is 30.5 Å². The molecule has 96 valence electrons. The Bertz CT molecular complexity index is 493. The van der Waals surface area contributed by atoms with Crippen LogP contribution in [0.2, 0.25) is 0 Å². The van der Waals surface area contributed by atoms with E-state index < -0.39 is 0 Å². The number of aromatic nitrogens is 3. The minimum atomic E-state index is 0.228. The molecule has 0 bridgehead atoms. The zero-order valence-electron chi connectivity index (χ0n) is 10.5. The molecule has 1 atom stereocenters. The van der Waals surface area contributed by atoms with Gasteiger partial charge in [-0.05, 0) is 31.5 Å². The fraction of sp³-hybridized carbons (Fsp3) is 0.385. The van der Waals surface area contributed by atoms with Crippen LogP contribution in [-0.4, -0.2) is 21.6 Å². The topological polar surface area (TPSA) is 39.9 Å². The molecule has 0 spiro atoms. The molecular weight excluding hydrogens is 294 g/mol. The second kappa shape index (κ2) is 6.00. The lowest BCUT2D eigenvalue weighted by Crippen LogP contribution is -2.00. The van der Waals surface area contributed by atoms with Crippen molar-refractivity contribution in [2.75, 3.05) is 6.61 Å². The van der Waals surface area contributed by atoms with Crippen LogP contribution >= 0.6 is 15.9 Å². The van der Waals surface area contributed by atoms with E-state index in [0.717, 1.165) is 18.0 Å². The summed E-state index contributed by atoms with van der Waals surface area (Å²) in [6, 6.07) is 8.04. The second-order valence-electron chi connectivity index (χ2n) is 4.03. The van der Waals surface area contributed by atoms with E-state index in [-0.39, 0.29) is 4.83 Å². The summed E-state index contributed by atoms with van der Waals surface area (Å²) < 4.78 is 7.24. The van der Waals surface area contributed by atoms with Crippen LogP contribution < -0.4 is 4.74 Å². The van der Waals surface area contributed by atoms with E-state index in [4.69, 9.17) is 4.74 Å². The molecule has 0 fully saturated rings. The molecule has 1 aromatic heterocycles. The number of halogens is 1. The lowest BCUT2D eigenvalue weighted by atomic mass is 10.2. The van der Waals surface area contributed by atoms with Gasteiger partial charge in [-0.25, -0.2) is 4.68 Å². The fourth-order valence-electron chi connectivity index (χ4n) is 1.62. The Morgan fingerprint density at radius 1 is 1.33 bits per heavy atom. The van der Waals surface area contributed by atoms with E-state index in [9.17, 15) is 0 Å². The average Bonchev–Trinajstić information content (AvgIpc) is 2.81. The van der Waals surface area contributed by atoms with Gasteiger partial charge in [-0.15, -0.1) is 5.10 Å². The van der Waals surface area contributed by atoms with Crippen LogP contribution in [0.5, 0.6) is 5.75 Å². The highest BCUT2D eigenvalue weighted by Gasteiger charge is 2.06. The normalized spacial score (nSPS) is 12.4. The predicted molar refractivity (Wildman–Crippen MR) is 74.1 cm³/mol. The number of nitrogens with zero attached hydrogens (tertiary/aromatic N) is 3. The Balaban J connectivity index is 2.03. The minimum Gasteiger partial charge on any atom is -0.494 e. The standard InChI is InChI=1S/C13H16BrN3O/c1-3-18-12-6-4-11(5-7-12)8-17-9-13(10(2)14)15-16-17/h4-7,9-10H,3,8H2,1-2H3. The van der Waals surface area contributed by atoms with Gasteiger partial charge < -0.3 is 4.74 Å². The van der Waals surface area contributed by atoms with Crippen molar-refractivity contribution in [3.05, 3.63) is 41.7 Å². The third-order valence-corrected chi connectivity index (χ3v) is 3.01. The Hall–Kier alpha value is -1.36. The molecule has 18 heavy (non-hydrogen) atoms. The summed E-state index contributed by atoms with van der Waals surface area (Å²) in [6.07, 6.45) is 1.95. The second-order valence-corrected chi connectivity index (χ2v) is 5.41. The number of rotatable bonds is 5. The summed E-state index contributed by atoms with van der Waals surface area (Å²) in [5, 5.41) is 8.20. The van der Waals surface area contributed by atoms with Crippen LogP contribution in [0.1, 0.15) is 29.9 Å². The van der Waals surface area contributed by atoms with E-state index in [1.165, 1.54) is 5.56 Å². The molecule has 0 amide bonds. The molecule has 2 aromatic rings. The van der Waals surface area contributed by atoms with Crippen LogP contribution in [0.3, 0.4) is 0 Å². The van der Waals surface area contributed by atoms with Gasteiger partial charge in [-0.2, -0.15) is 0 Å². The number of ether oxygens (including phenoxy) is 1. The van der Waals surface area contributed by atoms with E-state index in [2.05, 4.69) is 26.2 Å². The molecule has 1 aromatic carbocycles. The number of hydrogen-bond acceptors (Lipinski definition) is 3. The third kappa shape index (κ3) is 3.32. The summed E-state index contributed by atoms with van der Waals surface area (Å²) in [4.78, 5) is 0.228. The zero-order valence-corrected chi connectivity index (χ0v) is 12.1. The Kier molecular flexibility index (Phi) is 4.36. The first-order chi connectivity index (χ1) is 8.69. The van der Waals surface area contributed by atoms with Gasteiger partial charge in [0, 0.05) is 6.20 Å². The summed E-state index contributed by atoms with van der Waals surface area (Å²) in [6.45, 7) is 5.42. The van der Waals surface area contributed by atoms with Gasteiger partial charge in [0.25, 0.3) is 0 Å². The average molecular weight is 310 g/mol. The summed E-state index contributed by atoms with van der Waals surface area (Å²) in [5.41, 5.74) is 2.12. The summed E-state index contributed by atoms with van der Waals surface area (Å²) in [7, 11) is 0. The third-order valence-electron chi connectivity index (χ3n) is 2.54. The molecule has 0 N–H and O–H groups in total. The van der Waals surface area contributed by atoms with Crippen LogP contribution in [0, 0.1) is 0 Å². The monoisotopic (exact) mass is 309 g/mol. The Morgan fingerprint density at radius 2 is 2.06 bits per heavy atom. The van der Waals surface area contributed by atoms with Crippen molar-refractivity contribution in [1.82, 2.24) is 15.0 Å². The highest BCUT2D eigenvalue weighted by atomic mass is 79.9. The Labute approximate surface area is 115 Å². The fourth-order valence-corrected chi connectivity index (χ4v) is 1.83. The molecule has 5 heteroatoms. The van der Waals surface area contributed by atoms with Crippen molar-refractivity contribution in [3.63, 3.8) is 0 Å². The smallest absolute Gasteiger partial charge is 0.119 e. The molecule has 0 saturated heterocycles. The number of hydrogen-bond donors (Lipinski definition) is 0. The molecular formula is C13H16BrN3O. The quantitative estimate of drug-likeness (QED) is 0.796. The van der Waals surface area contributed by atoms with Crippen molar-refractivity contribution < 1.29 is 4.74 Å². The van der Waals surface area contributed by atoms with Gasteiger partial charge in [0.15, 0.2) is 0 Å². The first kappa shape index (κ1) is 13.1. The summed E-state index contributed by atoms with van der Waals surface area (Å²) in [5.74, 6) is 0.898. The van der Waals surface area contributed by atoms with Crippen molar-refractivity contribution >= 4 is 15.9 Å². The zero-order chi connectivity index (χ0) is 13.0. The number of benzene rings is 1. The van der Waals surface area contributed by atoms with Gasteiger partial charge in [0.1, 0.15) is 5.75 Å². The molecule has 0 aliphatic rings. The van der Waals surface area contributed by atoms with Gasteiger partial charge in [-0.3, -0.25) is 0 Å². The van der Waals surface area contributed by atoms with E-state index in [1.54, 1.807) is 0 Å². The molecule has 4 nitrogen and oxygen atoms in total. The Morgan fingerprint density at radius 3 is 2.61 bits per heavy atom. The molecule has 1 unspecified atom stereocenters. The molecule has 0 aliphatic carbocycles. The van der Waals surface area contributed by atoms with Gasteiger partial charge in [-0.1, -0.05) is 33.3 Å². The van der Waals surface area contributed by atoms with Crippen molar-refractivity contribution in [2.24, 2.45) is 0 Å². The molecule has 0 saturated carbocycles. The predicted octanol–water partition coefficient (Wildman–Crippen LogP) is 3.18. The number of alkyl halides is 1.